The highest BCUT2D eigenvalue weighted by Crippen LogP contribution is 2.24. The van der Waals surface area contributed by atoms with E-state index in [4.69, 9.17) is 28.6 Å². The van der Waals surface area contributed by atoms with Crippen LogP contribution in [0.15, 0.2) is 29.3 Å². The van der Waals surface area contributed by atoms with E-state index in [1.54, 1.807) is 7.11 Å². The normalized spacial score (nSPS) is 11.2. The van der Waals surface area contributed by atoms with Crippen LogP contribution in [0.25, 0.3) is 0 Å². The van der Waals surface area contributed by atoms with Crippen LogP contribution < -0.4 is 16.0 Å². The number of hydrogen-bond donors (Lipinski definition) is 3. The Kier molecular flexibility index (Phi) is 8.56. The lowest BCUT2D eigenvalue weighted by molar-refractivity contribution is 0.197. The molecule has 28 heavy (non-hydrogen) atoms. The predicted octanol–water partition coefficient (Wildman–Crippen LogP) is 3.85. The van der Waals surface area contributed by atoms with Crippen LogP contribution in [0.5, 0.6) is 0 Å². The maximum Gasteiger partial charge on any atom is 0.229 e. The van der Waals surface area contributed by atoms with Crippen molar-refractivity contribution in [2.24, 2.45) is 4.99 Å². The Hall–Kier alpha value is -2.29. The van der Waals surface area contributed by atoms with Gasteiger partial charge >= 0.3 is 0 Å². The molecule has 0 fully saturated rings. The van der Waals surface area contributed by atoms with E-state index in [1.807, 2.05) is 45.0 Å². The molecule has 150 valence electrons. The summed E-state index contributed by atoms with van der Waals surface area (Å²) in [5, 5.41) is 10.2. The number of methoxy groups -OCH3 is 1. The van der Waals surface area contributed by atoms with Crippen LogP contribution in [0.1, 0.15) is 23.4 Å². The highest BCUT2D eigenvalue weighted by Gasteiger charge is 2.09. The summed E-state index contributed by atoms with van der Waals surface area (Å²) in [5.41, 5.74) is 3.41. The van der Waals surface area contributed by atoms with E-state index in [0.29, 0.717) is 35.2 Å². The first-order valence-electron chi connectivity index (χ1n) is 8.85. The zero-order valence-corrected chi connectivity index (χ0v) is 18.0. The zero-order chi connectivity index (χ0) is 20.5. The largest absolute Gasteiger partial charge is 0.385 e. The summed E-state index contributed by atoms with van der Waals surface area (Å²) in [6, 6.07) is 7.61. The van der Waals surface area contributed by atoms with Gasteiger partial charge in [0.2, 0.25) is 11.9 Å². The van der Waals surface area contributed by atoms with Gasteiger partial charge < -0.3 is 15.4 Å². The van der Waals surface area contributed by atoms with Crippen molar-refractivity contribution in [3.8, 4) is 0 Å². The molecule has 7 nitrogen and oxygen atoms in total. The molecule has 0 bridgehead atoms. The molecule has 9 heteroatoms. The molecule has 3 N–H and O–H groups in total. The number of aromatic nitrogens is 2. The molecule has 1 heterocycles. The molecular weight excluding hydrogens is 396 g/mol. The number of thiocarbonyl (C=S) groups is 1. The van der Waals surface area contributed by atoms with Crippen LogP contribution >= 0.6 is 23.8 Å². The number of halogens is 1. The van der Waals surface area contributed by atoms with Crippen LogP contribution in [0.3, 0.4) is 0 Å². The SMILES string of the molecule is COCCCN=C(NC(=S)Nc1cccc(C)c1Cl)Nc1nc(C)cc(C)n1. The molecule has 2 aromatic rings. The minimum Gasteiger partial charge on any atom is -0.385 e. The summed E-state index contributed by atoms with van der Waals surface area (Å²) in [4.78, 5) is 13.3. The third-order valence-corrected chi connectivity index (χ3v) is 4.37. The summed E-state index contributed by atoms with van der Waals surface area (Å²) < 4.78 is 5.07. The average molecular weight is 421 g/mol. The molecule has 0 aliphatic carbocycles. The van der Waals surface area contributed by atoms with Crippen molar-refractivity contribution in [1.82, 2.24) is 15.3 Å². The molecule has 0 aliphatic rings. The Labute approximate surface area is 176 Å². The lowest BCUT2D eigenvalue weighted by Gasteiger charge is -2.15. The summed E-state index contributed by atoms with van der Waals surface area (Å²) in [6.45, 7) is 6.94. The van der Waals surface area contributed by atoms with Gasteiger partial charge in [0.1, 0.15) is 0 Å². The molecular formula is C19H25ClN6OS. The zero-order valence-electron chi connectivity index (χ0n) is 16.5. The molecule has 0 radical (unpaired) electrons. The van der Waals surface area contributed by atoms with Crippen molar-refractivity contribution < 1.29 is 4.74 Å². The quantitative estimate of drug-likeness (QED) is 0.283. The second-order valence-electron chi connectivity index (χ2n) is 6.19. The second kappa shape index (κ2) is 10.9. The monoisotopic (exact) mass is 420 g/mol. The van der Waals surface area contributed by atoms with E-state index in [-0.39, 0.29) is 0 Å². The van der Waals surface area contributed by atoms with Gasteiger partial charge in [-0.2, -0.15) is 0 Å². The maximum atomic E-state index is 6.33. The van der Waals surface area contributed by atoms with Crippen molar-refractivity contribution in [2.75, 3.05) is 30.9 Å². The topological polar surface area (TPSA) is 83.5 Å². The number of rotatable bonds is 6. The Morgan fingerprint density at radius 2 is 1.89 bits per heavy atom. The minimum atomic E-state index is 0.356. The van der Waals surface area contributed by atoms with E-state index in [2.05, 4.69) is 30.9 Å². The predicted molar refractivity (Wildman–Crippen MR) is 119 cm³/mol. The number of ether oxygens (including phenoxy) is 1. The van der Waals surface area contributed by atoms with E-state index in [0.717, 1.165) is 29.1 Å². The minimum absolute atomic E-state index is 0.356. The van der Waals surface area contributed by atoms with Crippen molar-refractivity contribution in [1.29, 1.82) is 0 Å². The van der Waals surface area contributed by atoms with E-state index in [1.165, 1.54) is 0 Å². The highest BCUT2D eigenvalue weighted by atomic mass is 35.5. The second-order valence-corrected chi connectivity index (χ2v) is 6.98. The summed E-state index contributed by atoms with van der Waals surface area (Å²) >= 11 is 11.7. The van der Waals surface area contributed by atoms with E-state index < -0.39 is 0 Å². The van der Waals surface area contributed by atoms with Gasteiger partial charge in [-0.15, -0.1) is 0 Å². The van der Waals surface area contributed by atoms with Crippen molar-refractivity contribution >= 4 is 46.5 Å². The van der Waals surface area contributed by atoms with Crippen molar-refractivity contribution in [2.45, 2.75) is 27.2 Å². The Morgan fingerprint density at radius 3 is 2.57 bits per heavy atom. The molecule has 0 atom stereocenters. The molecule has 0 amide bonds. The van der Waals surface area contributed by atoms with Gasteiger partial charge in [0.25, 0.3) is 0 Å². The Bertz CT molecular complexity index is 838. The standard InChI is InChI=1S/C19H25ClN6OS/c1-12-7-5-8-15(16(12)20)24-19(28)26-17(21-9-6-10-27-4)25-18-22-13(2)11-14(3)23-18/h5,7-8,11H,6,9-10H2,1-4H3,(H3,21,22,23,24,25,26,28). The maximum absolute atomic E-state index is 6.33. The van der Waals surface area contributed by atoms with Crippen molar-refractivity contribution in [3.63, 3.8) is 0 Å². The van der Waals surface area contributed by atoms with Gasteiger partial charge in [-0.05, 0) is 57.1 Å². The van der Waals surface area contributed by atoms with Crippen LogP contribution in [-0.2, 0) is 4.74 Å². The molecule has 1 aromatic carbocycles. The molecule has 0 spiro atoms. The smallest absolute Gasteiger partial charge is 0.229 e. The third kappa shape index (κ3) is 7.03. The van der Waals surface area contributed by atoms with Gasteiger partial charge in [0.15, 0.2) is 5.11 Å². The lowest BCUT2D eigenvalue weighted by Crippen LogP contribution is -2.39. The first-order chi connectivity index (χ1) is 13.4. The van der Waals surface area contributed by atoms with Crippen LogP contribution in [0, 0.1) is 20.8 Å². The fourth-order valence-electron chi connectivity index (χ4n) is 2.40. The summed E-state index contributed by atoms with van der Waals surface area (Å²) in [7, 11) is 1.66. The number of guanidine groups is 1. The molecule has 0 saturated carbocycles. The molecule has 2 rings (SSSR count). The summed E-state index contributed by atoms with van der Waals surface area (Å²) in [5.74, 6) is 0.897. The molecule has 0 saturated heterocycles. The van der Waals surface area contributed by atoms with Crippen LogP contribution in [0.4, 0.5) is 11.6 Å². The first-order valence-corrected chi connectivity index (χ1v) is 9.63. The van der Waals surface area contributed by atoms with Crippen LogP contribution in [0.2, 0.25) is 5.02 Å². The number of aryl methyl sites for hydroxylation is 3. The summed E-state index contributed by atoms with van der Waals surface area (Å²) in [6.07, 6.45) is 0.779. The van der Waals surface area contributed by atoms with E-state index in [9.17, 15) is 0 Å². The third-order valence-electron chi connectivity index (χ3n) is 3.66. The Morgan fingerprint density at radius 1 is 1.18 bits per heavy atom. The van der Waals surface area contributed by atoms with E-state index >= 15 is 0 Å². The lowest BCUT2D eigenvalue weighted by atomic mass is 10.2. The average Bonchev–Trinajstić information content (AvgIpc) is 2.61. The number of nitrogens with zero attached hydrogens (tertiary/aromatic N) is 3. The highest BCUT2D eigenvalue weighted by molar-refractivity contribution is 7.80. The molecule has 0 unspecified atom stereocenters. The molecule has 0 aliphatic heterocycles. The van der Waals surface area contributed by atoms with Gasteiger partial charge in [-0.25, -0.2) is 9.97 Å². The molecule has 1 aromatic heterocycles. The van der Waals surface area contributed by atoms with Crippen molar-refractivity contribution in [3.05, 3.63) is 46.2 Å². The van der Waals surface area contributed by atoms with Gasteiger partial charge in [-0.1, -0.05) is 23.7 Å². The fourth-order valence-corrected chi connectivity index (χ4v) is 2.78. The number of aliphatic imine (C=N–C) groups is 1. The number of anilines is 2. The number of benzene rings is 1. The fraction of sp³-hybridized carbons (Fsp3) is 0.368. The number of nitrogens with one attached hydrogen (secondary N) is 3. The number of hydrogen-bond acceptors (Lipinski definition) is 5. The van der Waals surface area contributed by atoms with Crippen LogP contribution in [-0.4, -0.2) is 41.3 Å². The van der Waals surface area contributed by atoms with Gasteiger partial charge in [0.05, 0.1) is 10.7 Å². The Balaban J connectivity index is 2.11. The first kappa shape index (κ1) is 22.0. The van der Waals surface area contributed by atoms with Gasteiger partial charge in [-0.3, -0.25) is 10.3 Å². The van der Waals surface area contributed by atoms with Gasteiger partial charge in [0, 0.05) is 31.6 Å².